The summed E-state index contributed by atoms with van der Waals surface area (Å²) in [5, 5.41) is 21.0. The Morgan fingerprint density at radius 3 is 2.30 bits per heavy atom. The first kappa shape index (κ1) is 20.5. The minimum atomic E-state index is -1.05. The summed E-state index contributed by atoms with van der Waals surface area (Å²) in [5.74, 6) is -0.756. The van der Waals surface area contributed by atoms with Crippen LogP contribution in [-0.4, -0.2) is 41.8 Å². The largest absolute Gasteiger partial charge is 0.481 e. The SMILES string of the molecule is Cc1cc(C(=O)NCC(CCO)c2ccccc2)cc(C)c1OCC(=O)O. The molecule has 1 amide bonds. The summed E-state index contributed by atoms with van der Waals surface area (Å²) in [6, 6.07) is 13.1. The summed E-state index contributed by atoms with van der Waals surface area (Å²) in [7, 11) is 0. The fourth-order valence-corrected chi connectivity index (χ4v) is 3.03. The molecule has 0 aliphatic rings. The summed E-state index contributed by atoms with van der Waals surface area (Å²) < 4.78 is 5.29. The van der Waals surface area contributed by atoms with Crippen LogP contribution in [0, 0.1) is 13.8 Å². The molecule has 0 bridgehead atoms. The Labute approximate surface area is 158 Å². The Morgan fingerprint density at radius 1 is 1.11 bits per heavy atom. The number of carboxylic acid groups (broad SMARTS) is 1. The molecule has 2 rings (SSSR count). The zero-order valence-electron chi connectivity index (χ0n) is 15.6. The van der Waals surface area contributed by atoms with Gasteiger partial charge in [-0.1, -0.05) is 30.3 Å². The highest BCUT2D eigenvalue weighted by atomic mass is 16.5. The predicted octanol–water partition coefficient (Wildman–Crippen LogP) is 2.66. The Balaban J connectivity index is 2.07. The lowest BCUT2D eigenvalue weighted by Gasteiger charge is -2.18. The number of aryl methyl sites for hydroxylation is 2. The molecule has 144 valence electrons. The van der Waals surface area contributed by atoms with Gasteiger partial charge in [-0.2, -0.15) is 0 Å². The van der Waals surface area contributed by atoms with Crippen molar-refractivity contribution in [2.75, 3.05) is 19.8 Å². The number of aliphatic hydroxyl groups is 1. The van der Waals surface area contributed by atoms with E-state index in [0.29, 0.717) is 35.4 Å². The van der Waals surface area contributed by atoms with E-state index in [9.17, 15) is 14.7 Å². The zero-order chi connectivity index (χ0) is 19.8. The van der Waals surface area contributed by atoms with Crippen molar-refractivity contribution in [1.82, 2.24) is 5.32 Å². The first-order valence-electron chi connectivity index (χ1n) is 8.82. The van der Waals surface area contributed by atoms with Gasteiger partial charge in [0.15, 0.2) is 6.61 Å². The van der Waals surface area contributed by atoms with Crippen molar-refractivity contribution in [3.8, 4) is 5.75 Å². The molecule has 0 heterocycles. The van der Waals surface area contributed by atoms with Gasteiger partial charge < -0.3 is 20.3 Å². The molecule has 0 aromatic heterocycles. The molecule has 27 heavy (non-hydrogen) atoms. The van der Waals surface area contributed by atoms with Crippen LogP contribution in [0.5, 0.6) is 5.75 Å². The number of amides is 1. The molecule has 2 aromatic rings. The topological polar surface area (TPSA) is 95.9 Å². The molecule has 1 unspecified atom stereocenters. The maximum Gasteiger partial charge on any atom is 0.341 e. The second-order valence-electron chi connectivity index (χ2n) is 6.45. The van der Waals surface area contributed by atoms with E-state index in [0.717, 1.165) is 5.56 Å². The molecule has 0 fully saturated rings. The number of carboxylic acids is 1. The summed E-state index contributed by atoms with van der Waals surface area (Å²) in [6.45, 7) is 3.59. The van der Waals surface area contributed by atoms with Crippen molar-refractivity contribution in [3.63, 3.8) is 0 Å². The van der Waals surface area contributed by atoms with Crippen LogP contribution < -0.4 is 10.1 Å². The molecule has 0 saturated carbocycles. The first-order valence-corrected chi connectivity index (χ1v) is 8.82. The van der Waals surface area contributed by atoms with Crippen LogP contribution >= 0.6 is 0 Å². The zero-order valence-corrected chi connectivity index (χ0v) is 15.6. The molecular formula is C21H25NO5. The van der Waals surface area contributed by atoms with E-state index in [4.69, 9.17) is 9.84 Å². The standard InChI is InChI=1S/C21H25NO5/c1-14-10-18(11-15(2)20(14)27-13-19(24)25)21(26)22-12-17(8-9-23)16-6-4-3-5-7-16/h3-7,10-11,17,23H,8-9,12-13H2,1-2H3,(H,22,26)(H,24,25). The molecule has 1 atom stereocenters. The molecule has 0 radical (unpaired) electrons. The van der Waals surface area contributed by atoms with Crippen molar-refractivity contribution in [2.45, 2.75) is 26.2 Å². The van der Waals surface area contributed by atoms with Crippen LogP contribution in [0.15, 0.2) is 42.5 Å². The average molecular weight is 371 g/mol. The summed E-state index contributed by atoms with van der Waals surface area (Å²) in [6.07, 6.45) is 0.560. The lowest BCUT2D eigenvalue weighted by Crippen LogP contribution is -2.29. The molecule has 6 nitrogen and oxygen atoms in total. The van der Waals surface area contributed by atoms with Crippen LogP contribution in [0.2, 0.25) is 0 Å². The molecule has 2 aromatic carbocycles. The van der Waals surface area contributed by atoms with E-state index >= 15 is 0 Å². The summed E-state index contributed by atoms with van der Waals surface area (Å²) in [5.41, 5.74) is 2.97. The number of aliphatic hydroxyl groups excluding tert-OH is 1. The number of nitrogens with one attached hydrogen (secondary N) is 1. The highest BCUT2D eigenvalue weighted by Gasteiger charge is 2.16. The van der Waals surface area contributed by atoms with Gasteiger partial charge >= 0.3 is 5.97 Å². The minimum absolute atomic E-state index is 0.0283. The summed E-state index contributed by atoms with van der Waals surface area (Å²) >= 11 is 0. The van der Waals surface area contributed by atoms with Crippen LogP contribution in [0.1, 0.15) is 39.4 Å². The number of aliphatic carboxylic acids is 1. The van der Waals surface area contributed by atoms with Gasteiger partial charge in [-0.3, -0.25) is 4.79 Å². The Hall–Kier alpha value is -2.86. The van der Waals surface area contributed by atoms with Crippen LogP contribution in [0.4, 0.5) is 0 Å². The van der Waals surface area contributed by atoms with Crippen molar-refractivity contribution in [1.29, 1.82) is 0 Å². The van der Waals surface area contributed by atoms with Gasteiger partial charge in [0.05, 0.1) is 0 Å². The Morgan fingerprint density at radius 2 is 1.74 bits per heavy atom. The number of benzene rings is 2. The second kappa shape index (κ2) is 9.73. The third kappa shape index (κ3) is 5.82. The highest BCUT2D eigenvalue weighted by Crippen LogP contribution is 2.25. The number of carbonyl (C=O) groups is 2. The molecule has 3 N–H and O–H groups in total. The van der Waals surface area contributed by atoms with Crippen LogP contribution in [-0.2, 0) is 4.79 Å². The maximum atomic E-state index is 12.6. The van der Waals surface area contributed by atoms with Gasteiger partial charge in [-0.15, -0.1) is 0 Å². The van der Waals surface area contributed by atoms with Crippen molar-refractivity contribution >= 4 is 11.9 Å². The van der Waals surface area contributed by atoms with E-state index in [-0.39, 0.29) is 18.4 Å². The van der Waals surface area contributed by atoms with E-state index in [1.807, 2.05) is 30.3 Å². The van der Waals surface area contributed by atoms with E-state index in [2.05, 4.69) is 5.32 Å². The molecule has 0 saturated heterocycles. The number of hydrogen-bond acceptors (Lipinski definition) is 4. The van der Waals surface area contributed by atoms with E-state index in [1.165, 1.54) is 0 Å². The quantitative estimate of drug-likeness (QED) is 0.630. The lowest BCUT2D eigenvalue weighted by atomic mass is 9.96. The van der Waals surface area contributed by atoms with Crippen molar-refractivity contribution < 1.29 is 24.5 Å². The molecule has 0 aliphatic carbocycles. The normalized spacial score (nSPS) is 11.7. The number of rotatable bonds is 9. The smallest absolute Gasteiger partial charge is 0.341 e. The van der Waals surface area contributed by atoms with Crippen molar-refractivity contribution in [2.24, 2.45) is 0 Å². The van der Waals surface area contributed by atoms with Gasteiger partial charge in [-0.25, -0.2) is 4.79 Å². The molecule has 0 spiro atoms. The third-order valence-corrected chi connectivity index (χ3v) is 4.32. The molecule has 0 aliphatic heterocycles. The average Bonchev–Trinajstić information content (AvgIpc) is 2.64. The van der Waals surface area contributed by atoms with Gasteiger partial charge in [0.2, 0.25) is 0 Å². The van der Waals surface area contributed by atoms with Crippen molar-refractivity contribution in [3.05, 3.63) is 64.7 Å². The highest BCUT2D eigenvalue weighted by molar-refractivity contribution is 5.95. The third-order valence-electron chi connectivity index (χ3n) is 4.32. The van der Waals surface area contributed by atoms with E-state index in [1.54, 1.807) is 26.0 Å². The van der Waals surface area contributed by atoms with Gasteiger partial charge in [0.25, 0.3) is 5.91 Å². The minimum Gasteiger partial charge on any atom is -0.481 e. The summed E-state index contributed by atoms with van der Waals surface area (Å²) in [4.78, 5) is 23.2. The fraction of sp³-hybridized carbons (Fsp3) is 0.333. The van der Waals surface area contributed by atoms with Gasteiger partial charge in [0.1, 0.15) is 5.75 Å². The second-order valence-corrected chi connectivity index (χ2v) is 6.45. The maximum absolute atomic E-state index is 12.6. The Bertz CT molecular complexity index is 765. The monoisotopic (exact) mass is 371 g/mol. The first-order chi connectivity index (χ1) is 12.9. The lowest BCUT2D eigenvalue weighted by molar-refractivity contribution is -0.139. The predicted molar refractivity (Wildman–Crippen MR) is 102 cm³/mol. The molecular weight excluding hydrogens is 346 g/mol. The molecule has 6 heteroatoms. The van der Waals surface area contributed by atoms with E-state index < -0.39 is 12.6 Å². The fourth-order valence-electron chi connectivity index (χ4n) is 3.03. The Kier molecular flexibility index (Phi) is 7.37. The van der Waals surface area contributed by atoms with Gasteiger partial charge in [-0.05, 0) is 49.1 Å². The number of ether oxygens (including phenoxy) is 1. The van der Waals surface area contributed by atoms with Crippen LogP contribution in [0.3, 0.4) is 0 Å². The number of hydrogen-bond donors (Lipinski definition) is 3. The van der Waals surface area contributed by atoms with Gasteiger partial charge in [0, 0.05) is 24.6 Å². The van der Waals surface area contributed by atoms with Crippen LogP contribution in [0.25, 0.3) is 0 Å². The number of carbonyl (C=O) groups excluding carboxylic acids is 1.